The van der Waals surface area contributed by atoms with Gasteiger partial charge in [-0.05, 0) is 35.9 Å². The van der Waals surface area contributed by atoms with E-state index >= 15 is 0 Å². The fraction of sp³-hybridized carbons (Fsp3) is 0.333. The molecular formula is C18H19ClFNO5S. The van der Waals surface area contributed by atoms with Crippen molar-refractivity contribution in [1.82, 2.24) is 4.31 Å². The molecule has 0 N–H and O–H groups in total. The normalized spacial score (nSPS) is 15.4. The van der Waals surface area contributed by atoms with Crippen LogP contribution in [0.3, 0.4) is 0 Å². The second-order valence-corrected chi connectivity index (χ2v) is 8.37. The number of halogens is 2. The Balaban J connectivity index is 1.57. The summed E-state index contributed by atoms with van der Waals surface area (Å²) in [4.78, 5) is 0.101. The first kappa shape index (κ1) is 19.9. The second-order valence-electron chi connectivity index (χ2n) is 6.02. The van der Waals surface area contributed by atoms with Crippen LogP contribution in [0.4, 0.5) is 4.39 Å². The monoisotopic (exact) mass is 415 g/mol. The van der Waals surface area contributed by atoms with Crippen molar-refractivity contribution in [2.24, 2.45) is 0 Å². The van der Waals surface area contributed by atoms with E-state index < -0.39 is 15.8 Å². The summed E-state index contributed by atoms with van der Waals surface area (Å²) in [6.07, 6.45) is -0.251. The summed E-state index contributed by atoms with van der Waals surface area (Å²) in [6.45, 7) is 0.642. The first-order chi connectivity index (χ1) is 12.8. The molecule has 0 amide bonds. The number of sulfonamides is 1. The number of methoxy groups -OCH3 is 2. The predicted molar refractivity (Wildman–Crippen MR) is 98.3 cm³/mol. The van der Waals surface area contributed by atoms with Gasteiger partial charge in [-0.25, -0.2) is 12.8 Å². The molecule has 6 nitrogen and oxygen atoms in total. The van der Waals surface area contributed by atoms with E-state index in [1.165, 1.54) is 48.9 Å². The Hall–Kier alpha value is -1.87. The average molecular weight is 416 g/mol. The van der Waals surface area contributed by atoms with Crippen molar-refractivity contribution in [1.29, 1.82) is 0 Å². The summed E-state index contributed by atoms with van der Waals surface area (Å²) >= 11 is 6.01. The zero-order valence-corrected chi connectivity index (χ0v) is 16.4. The van der Waals surface area contributed by atoms with E-state index in [2.05, 4.69) is 0 Å². The SMILES string of the molecule is COc1ccc(COC2CN(S(=O)(=O)c3ccc(OC)c(Cl)c3)C2)cc1F. The van der Waals surface area contributed by atoms with Crippen LogP contribution in [0.2, 0.25) is 5.02 Å². The first-order valence-electron chi connectivity index (χ1n) is 8.13. The van der Waals surface area contributed by atoms with Crippen molar-refractivity contribution >= 4 is 21.6 Å². The van der Waals surface area contributed by atoms with Crippen molar-refractivity contribution in [2.45, 2.75) is 17.6 Å². The molecule has 2 aromatic rings. The van der Waals surface area contributed by atoms with Gasteiger partial charge >= 0.3 is 0 Å². The van der Waals surface area contributed by atoms with Crippen molar-refractivity contribution in [2.75, 3.05) is 27.3 Å². The van der Waals surface area contributed by atoms with Crippen LogP contribution in [0.25, 0.3) is 0 Å². The molecule has 0 spiro atoms. The largest absolute Gasteiger partial charge is 0.495 e. The van der Waals surface area contributed by atoms with E-state index in [1.807, 2.05) is 0 Å². The third kappa shape index (κ3) is 4.19. The number of hydrogen-bond donors (Lipinski definition) is 0. The standard InChI is InChI=1S/C18H19ClFNO5S/c1-24-17-6-4-14(8-15(17)19)27(22,23)21-9-13(10-21)26-11-12-3-5-18(25-2)16(20)7-12/h3-8,13H,9-11H2,1-2H3. The Morgan fingerprint density at radius 2 is 1.78 bits per heavy atom. The molecule has 0 aliphatic carbocycles. The molecule has 0 radical (unpaired) electrons. The molecule has 0 unspecified atom stereocenters. The number of nitrogens with zero attached hydrogens (tertiary/aromatic N) is 1. The van der Waals surface area contributed by atoms with Gasteiger partial charge in [-0.3, -0.25) is 0 Å². The summed E-state index contributed by atoms with van der Waals surface area (Å²) in [5, 5.41) is 0.230. The molecule has 146 valence electrons. The zero-order valence-electron chi connectivity index (χ0n) is 14.8. The summed E-state index contributed by atoms with van der Waals surface area (Å²) < 4.78 is 55.8. The minimum Gasteiger partial charge on any atom is -0.495 e. The molecule has 3 rings (SSSR count). The molecule has 0 bridgehead atoms. The highest BCUT2D eigenvalue weighted by atomic mass is 35.5. The van der Waals surface area contributed by atoms with Crippen LogP contribution < -0.4 is 9.47 Å². The van der Waals surface area contributed by atoms with Crippen LogP contribution in [0, 0.1) is 5.82 Å². The van der Waals surface area contributed by atoms with Gasteiger partial charge in [0.15, 0.2) is 11.6 Å². The highest BCUT2D eigenvalue weighted by Crippen LogP contribution is 2.30. The molecule has 1 heterocycles. The van der Waals surface area contributed by atoms with Crippen LogP contribution in [0.1, 0.15) is 5.56 Å². The minimum atomic E-state index is -3.64. The van der Waals surface area contributed by atoms with Crippen molar-refractivity contribution in [3.05, 3.63) is 52.8 Å². The van der Waals surface area contributed by atoms with E-state index in [1.54, 1.807) is 6.07 Å². The van der Waals surface area contributed by atoms with Crippen molar-refractivity contribution in [3.63, 3.8) is 0 Å². The van der Waals surface area contributed by atoms with Gasteiger partial charge in [-0.2, -0.15) is 4.31 Å². The van der Waals surface area contributed by atoms with E-state index in [0.717, 1.165) is 0 Å². The number of rotatable bonds is 7. The predicted octanol–water partition coefficient (Wildman–Crippen LogP) is 3.09. The fourth-order valence-electron chi connectivity index (χ4n) is 2.67. The first-order valence-corrected chi connectivity index (χ1v) is 9.94. The zero-order chi connectivity index (χ0) is 19.6. The lowest BCUT2D eigenvalue weighted by Gasteiger charge is -2.37. The van der Waals surface area contributed by atoms with Crippen LogP contribution in [0.15, 0.2) is 41.3 Å². The van der Waals surface area contributed by atoms with Crippen LogP contribution in [-0.4, -0.2) is 46.1 Å². The maximum absolute atomic E-state index is 13.7. The van der Waals surface area contributed by atoms with E-state index in [0.29, 0.717) is 11.3 Å². The molecular weight excluding hydrogens is 397 g/mol. The maximum atomic E-state index is 13.7. The maximum Gasteiger partial charge on any atom is 0.243 e. The minimum absolute atomic E-state index is 0.101. The highest BCUT2D eigenvalue weighted by molar-refractivity contribution is 7.89. The van der Waals surface area contributed by atoms with E-state index in [9.17, 15) is 12.8 Å². The molecule has 1 fully saturated rings. The number of hydrogen-bond acceptors (Lipinski definition) is 5. The Morgan fingerprint density at radius 1 is 1.11 bits per heavy atom. The van der Waals surface area contributed by atoms with E-state index in [4.69, 9.17) is 25.8 Å². The molecule has 1 aliphatic heterocycles. The van der Waals surface area contributed by atoms with Gasteiger partial charge in [0.05, 0.1) is 36.8 Å². The molecule has 2 aromatic carbocycles. The Morgan fingerprint density at radius 3 is 2.37 bits per heavy atom. The Labute approximate surface area is 162 Å². The van der Waals surface area contributed by atoms with Gasteiger partial charge in [0.25, 0.3) is 0 Å². The summed E-state index contributed by atoms with van der Waals surface area (Å²) in [6, 6.07) is 8.90. The second kappa shape index (κ2) is 8.02. The third-order valence-corrected chi connectivity index (χ3v) is 6.40. The van der Waals surface area contributed by atoms with Crippen molar-refractivity contribution < 1.29 is 27.0 Å². The molecule has 27 heavy (non-hydrogen) atoms. The van der Waals surface area contributed by atoms with Gasteiger partial charge in [0.2, 0.25) is 10.0 Å². The topological polar surface area (TPSA) is 65.1 Å². The fourth-order valence-corrected chi connectivity index (χ4v) is 4.53. The molecule has 0 saturated carbocycles. The number of ether oxygens (including phenoxy) is 3. The van der Waals surface area contributed by atoms with Gasteiger partial charge in [0, 0.05) is 13.1 Å². The third-order valence-electron chi connectivity index (χ3n) is 4.28. The average Bonchev–Trinajstić information content (AvgIpc) is 2.60. The molecule has 1 saturated heterocycles. The van der Waals surface area contributed by atoms with Gasteiger partial charge in [-0.15, -0.1) is 0 Å². The smallest absolute Gasteiger partial charge is 0.243 e. The lowest BCUT2D eigenvalue weighted by molar-refractivity contribution is -0.0296. The molecule has 9 heteroatoms. The molecule has 0 aromatic heterocycles. The molecule has 0 atom stereocenters. The number of benzene rings is 2. The Bertz CT molecular complexity index is 931. The van der Waals surface area contributed by atoms with Gasteiger partial charge in [0.1, 0.15) is 5.75 Å². The van der Waals surface area contributed by atoms with Crippen molar-refractivity contribution in [3.8, 4) is 11.5 Å². The van der Waals surface area contributed by atoms with Gasteiger partial charge < -0.3 is 14.2 Å². The highest BCUT2D eigenvalue weighted by Gasteiger charge is 2.37. The summed E-state index contributed by atoms with van der Waals surface area (Å²) in [5.41, 5.74) is 0.650. The lowest BCUT2D eigenvalue weighted by atomic mass is 10.2. The summed E-state index contributed by atoms with van der Waals surface area (Å²) in [7, 11) is -0.788. The van der Waals surface area contributed by atoms with Gasteiger partial charge in [-0.1, -0.05) is 17.7 Å². The molecule has 1 aliphatic rings. The van der Waals surface area contributed by atoms with Crippen LogP contribution in [-0.2, 0) is 21.4 Å². The Kier molecular flexibility index (Phi) is 5.90. The summed E-state index contributed by atoms with van der Waals surface area (Å²) in [5.74, 6) is 0.109. The van der Waals surface area contributed by atoms with E-state index in [-0.39, 0.29) is 41.5 Å². The quantitative estimate of drug-likeness (QED) is 0.695. The van der Waals surface area contributed by atoms with Crippen LogP contribution in [0.5, 0.6) is 11.5 Å². The van der Waals surface area contributed by atoms with Crippen LogP contribution >= 0.6 is 11.6 Å². The lowest BCUT2D eigenvalue weighted by Crippen LogP contribution is -2.54.